The number of imidazole rings is 2. The second kappa shape index (κ2) is 28.0. The fourth-order valence-corrected chi connectivity index (χ4v) is 8.86. The van der Waals surface area contributed by atoms with Crippen molar-refractivity contribution in [1.82, 2.24) is 54.6 Å². The number of fused-ring (bicyclic) bond motifs is 2. The second-order valence-electron chi connectivity index (χ2n) is 19.1. The number of carbonyl (C=O) groups excluding carboxylic acids is 7. The fraction of sp³-hybridized carbons (Fsp3) is 0.415. The van der Waals surface area contributed by atoms with Crippen molar-refractivity contribution in [3.8, 4) is 11.5 Å². The van der Waals surface area contributed by atoms with Crippen LogP contribution in [0.15, 0.2) is 48.6 Å². The Morgan fingerprint density at radius 1 is 0.659 bits per heavy atom. The Morgan fingerprint density at radius 3 is 1.60 bits per heavy atom. The monoisotopic (exact) mass is 1140 g/mol. The zero-order valence-electron chi connectivity index (χ0n) is 46.2. The van der Waals surface area contributed by atoms with Crippen LogP contribution in [0.5, 0.6) is 11.5 Å². The van der Waals surface area contributed by atoms with E-state index in [1.54, 1.807) is 58.9 Å². The Hall–Kier alpha value is -9.67. The first-order valence-electron chi connectivity index (χ1n) is 26.3. The van der Waals surface area contributed by atoms with Crippen LogP contribution in [-0.2, 0) is 50.2 Å². The quantitative estimate of drug-likeness (QED) is 0.0220. The number of hydrogen-bond donors (Lipinski definition) is 10. The van der Waals surface area contributed by atoms with Crippen molar-refractivity contribution in [1.29, 1.82) is 0 Å². The predicted molar refractivity (Wildman–Crippen MR) is 297 cm³/mol. The topological polar surface area (TPSA) is 422 Å². The predicted octanol–water partition coefficient (Wildman–Crippen LogP) is 1.97. The first-order valence-corrected chi connectivity index (χ1v) is 26.3. The molecule has 29 nitrogen and oxygen atoms in total. The Kier molecular flexibility index (Phi) is 21.0. The van der Waals surface area contributed by atoms with Crippen LogP contribution < -0.4 is 53.3 Å². The van der Waals surface area contributed by atoms with Crippen LogP contribution in [0, 0.1) is 19.8 Å². The molecule has 0 aliphatic carbocycles. The summed E-state index contributed by atoms with van der Waals surface area (Å²) in [7, 11) is 1.41. The number of anilines is 2. The highest BCUT2D eigenvalue weighted by molar-refractivity contribution is 6.06. The van der Waals surface area contributed by atoms with Gasteiger partial charge in [0.15, 0.2) is 0 Å². The van der Waals surface area contributed by atoms with Crippen LogP contribution in [0.3, 0.4) is 0 Å². The third kappa shape index (κ3) is 15.4. The van der Waals surface area contributed by atoms with E-state index in [1.807, 2.05) is 13.8 Å². The molecule has 0 saturated carbocycles. The minimum atomic E-state index is -1.68. The molecule has 13 N–H and O–H groups in total. The van der Waals surface area contributed by atoms with Crippen LogP contribution in [0.25, 0.3) is 22.1 Å². The molecule has 0 aliphatic heterocycles. The smallest absolute Gasteiger partial charge is 0.305 e. The van der Waals surface area contributed by atoms with Gasteiger partial charge in [0.05, 0.1) is 49.0 Å². The van der Waals surface area contributed by atoms with Crippen LogP contribution in [0.1, 0.15) is 112 Å². The molecule has 6 aromatic rings. The van der Waals surface area contributed by atoms with E-state index in [2.05, 4.69) is 41.8 Å². The highest BCUT2D eigenvalue weighted by atomic mass is 16.5. The Labute approximate surface area is 469 Å². The minimum absolute atomic E-state index is 0.00796. The van der Waals surface area contributed by atoms with Crippen molar-refractivity contribution in [2.45, 2.75) is 111 Å². The normalized spacial score (nSPS) is 12.4. The lowest BCUT2D eigenvalue weighted by molar-refractivity contribution is -0.143. The van der Waals surface area contributed by atoms with Crippen molar-refractivity contribution in [3.05, 3.63) is 82.5 Å². The SMILES string of the molecule is CCn1nc(C)cc1C(=O)Nc1nc2cc(C(N)=O)cc(OC)c2n1C/C=C/Cn1c(NC(=O)c2cc(C)nn2CC)nc2cc(C(N)=O)cc(OCCCNC(=O)[C@H](CC(=O)O)NC(=O)[C@H](CC(=O)O)NC(=O)[C@@H](C)CCCCN)c21. The molecule has 29 heteroatoms. The van der Waals surface area contributed by atoms with Crippen LogP contribution >= 0.6 is 0 Å². The number of amides is 7. The number of hydrogen-bond acceptors (Lipinski definition) is 16. The van der Waals surface area contributed by atoms with Crippen LogP contribution in [-0.4, -0.2) is 141 Å². The van der Waals surface area contributed by atoms with Crippen molar-refractivity contribution in [2.24, 2.45) is 23.1 Å². The van der Waals surface area contributed by atoms with Gasteiger partial charge in [-0.05, 0) is 89.9 Å². The number of ether oxygens (including phenoxy) is 2. The number of aliphatic carboxylic acids is 2. The van der Waals surface area contributed by atoms with E-state index in [0.29, 0.717) is 55.8 Å². The maximum atomic E-state index is 14.0. The summed E-state index contributed by atoms with van der Waals surface area (Å²) in [5.74, 6) is -8.34. The van der Waals surface area contributed by atoms with Gasteiger partial charge in [0.25, 0.3) is 11.8 Å². The number of carboxylic acid groups (broad SMARTS) is 2. The molecular weight excluding hydrogens is 1070 g/mol. The van der Waals surface area contributed by atoms with Gasteiger partial charge in [-0.1, -0.05) is 25.5 Å². The summed E-state index contributed by atoms with van der Waals surface area (Å²) in [4.78, 5) is 125. The summed E-state index contributed by atoms with van der Waals surface area (Å²) in [6.07, 6.45) is 3.46. The number of nitrogens with two attached hydrogens (primary N) is 3. The van der Waals surface area contributed by atoms with Gasteiger partial charge < -0.3 is 62.0 Å². The number of carboxylic acids is 2. The zero-order valence-corrected chi connectivity index (χ0v) is 46.2. The number of nitrogens with zero attached hydrogens (tertiary/aromatic N) is 8. The Bertz CT molecular complexity index is 3430. The highest BCUT2D eigenvalue weighted by Gasteiger charge is 2.31. The van der Waals surface area contributed by atoms with Crippen LogP contribution in [0.2, 0.25) is 0 Å². The van der Waals surface area contributed by atoms with E-state index in [0.717, 1.165) is 0 Å². The van der Waals surface area contributed by atoms with Gasteiger partial charge in [-0.3, -0.25) is 63.1 Å². The van der Waals surface area contributed by atoms with E-state index < -0.39 is 84.1 Å². The van der Waals surface area contributed by atoms with Gasteiger partial charge in [-0.2, -0.15) is 10.2 Å². The molecule has 2 aromatic carbocycles. The molecule has 6 rings (SSSR count). The molecule has 438 valence electrons. The number of aryl methyl sites for hydroxylation is 4. The molecular formula is C53H68N16O13. The van der Waals surface area contributed by atoms with Gasteiger partial charge in [0, 0.05) is 49.8 Å². The van der Waals surface area contributed by atoms with E-state index >= 15 is 0 Å². The van der Waals surface area contributed by atoms with Crippen molar-refractivity contribution in [2.75, 3.05) is 37.4 Å². The molecule has 0 radical (unpaired) electrons. The summed E-state index contributed by atoms with van der Waals surface area (Å²) in [6.45, 7) is 9.67. The van der Waals surface area contributed by atoms with Gasteiger partial charge in [0.1, 0.15) is 46.0 Å². The number of primary amides is 2. The van der Waals surface area contributed by atoms with Crippen molar-refractivity contribution < 1.29 is 62.8 Å². The lowest BCUT2D eigenvalue weighted by Gasteiger charge is -2.23. The summed E-state index contributed by atoms with van der Waals surface area (Å²) in [6, 6.07) is 5.65. The lowest BCUT2D eigenvalue weighted by atomic mass is 10.0. The molecule has 0 spiro atoms. The van der Waals surface area contributed by atoms with Gasteiger partial charge in [-0.25, -0.2) is 9.97 Å². The van der Waals surface area contributed by atoms with E-state index in [9.17, 15) is 53.4 Å². The molecule has 0 bridgehead atoms. The molecule has 0 saturated heterocycles. The molecule has 3 atom stereocenters. The molecule has 82 heavy (non-hydrogen) atoms. The zero-order chi connectivity index (χ0) is 59.9. The number of rotatable bonds is 31. The first kappa shape index (κ1) is 61.5. The standard InChI is InChI=1S/C53H68N16O13/c1-7-68-37(20-29(4)64-68)50(79)62-52-60-33-22-31(45(55)74)24-39(81-6)43(33)66(52)17-11-12-18-67-44-34(61-53(67)63-51(80)38-21-30(5)65-69(38)8-2)23-32(46(56)75)25-40(44)82-19-13-16-57-48(77)35(26-41(70)71)59-49(78)36(27-42(72)73)58-47(76)28(3)14-9-10-15-54/h11-12,20-25,28,35-36H,7-10,13-19,26-27,54H2,1-6H3,(H2,55,74)(H2,56,75)(H,57,77)(H,58,76)(H,59,78)(H,70,71)(H,72,73)(H,60,62,79)(H,61,63,80)/b12-11+/t28-,35-,36-/m0/s1. The molecule has 4 heterocycles. The number of aromatic nitrogens is 8. The molecule has 0 fully saturated rings. The van der Waals surface area contributed by atoms with Crippen molar-refractivity contribution >= 4 is 87.3 Å². The average molecular weight is 1140 g/mol. The summed E-state index contributed by atoms with van der Waals surface area (Å²) in [5.41, 5.74) is 19.9. The highest BCUT2D eigenvalue weighted by Crippen LogP contribution is 2.33. The summed E-state index contributed by atoms with van der Waals surface area (Å²) in [5, 5.41) is 40.9. The number of carbonyl (C=O) groups is 9. The third-order valence-corrected chi connectivity index (χ3v) is 12.9. The number of unbranched alkanes of at least 4 members (excludes halogenated alkanes) is 1. The first-order chi connectivity index (χ1) is 39.1. The van der Waals surface area contributed by atoms with E-state index in [1.165, 1.54) is 36.1 Å². The maximum Gasteiger partial charge on any atom is 0.305 e. The molecule has 0 aliphatic rings. The summed E-state index contributed by atoms with van der Waals surface area (Å²) >= 11 is 0. The third-order valence-electron chi connectivity index (χ3n) is 12.9. The maximum absolute atomic E-state index is 14.0. The van der Waals surface area contributed by atoms with E-state index in [-0.39, 0.29) is 95.1 Å². The second-order valence-corrected chi connectivity index (χ2v) is 19.1. The Morgan fingerprint density at radius 2 is 1.13 bits per heavy atom. The molecule has 0 unspecified atom stereocenters. The molecule has 4 aromatic heterocycles. The number of nitrogens with one attached hydrogen (secondary N) is 5. The van der Waals surface area contributed by atoms with E-state index in [4.69, 9.17) is 31.7 Å². The largest absolute Gasteiger partial charge is 0.494 e. The molecule has 7 amide bonds. The van der Waals surface area contributed by atoms with Gasteiger partial charge >= 0.3 is 11.9 Å². The average Bonchev–Trinajstić information content (AvgIpc) is 3.32. The van der Waals surface area contributed by atoms with Crippen molar-refractivity contribution in [3.63, 3.8) is 0 Å². The fourth-order valence-electron chi connectivity index (χ4n) is 8.86. The number of benzene rings is 2. The van der Waals surface area contributed by atoms with Gasteiger partial charge in [-0.15, -0.1) is 0 Å². The Balaban J connectivity index is 1.28. The minimum Gasteiger partial charge on any atom is -0.494 e. The number of methoxy groups -OCH3 is 1. The lowest BCUT2D eigenvalue weighted by Crippen LogP contribution is -2.55. The number of allylic oxidation sites excluding steroid dienone is 2. The van der Waals surface area contributed by atoms with Crippen LogP contribution in [0.4, 0.5) is 11.9 Å². The van der Waals surface area contributed by atoms with Gasteiger partial charge in [0.2, 0.25) is 41.4 Å². The summed E-state index contributed by atoms with van der Waals surface area (Å²) < 4.78 is 18.3.